The van der Waals surface area contributed by atoms with Gasteiger partial charge in [-0.25, -0.2) is 8.42 Å². The van der Waals surface area contributed by atoms with E-state index >= 15 is 0 Å². The molecule has 0 aliphatic heterocycles. The molecule has 0 aromatic heterocycles. The van der Waals surface area contributed by atoms with E-state index in [0.29, 0.717) is 4.90 Å². The van der Waals surface area contributed by atoms with Crippen LogP contribution in [0.5, 0.6) is 0 Å². The molecule has 0 radical (unpaired) electrons. The van der Waals surface area contributed by atoms with Gasteiger partial charge in [0.2, 0.25) is 0 Å². The van der Waals surface area contributed by atoms with Crippen molar-refractivity contribution in [3.05, 3.63) is 65.2 Å². The van der Waals surface area contributed by atoms with E-state index in [0.717, 1.165) is 23.8 Å². The monoisotopic (exact) mass is 328 g/mol. The molecule has 3 atom stereocenters. The number of aryl methyl sites for hydroxylation is 2. The van der Waals surface area contributed by atoms with Crippen LogP contribution in [0.3, 0.4) is 0 Å². The zero-order valence-corrected chi connectivity index (χ0v) is 14.1. The van der Waals surface area contributed by atoms with Gasteiger partial charge in [0.25, 0.3) is 0 Å². The van der Waals surface area contributed by atoms with E-state index in [1.807, 2.05) is 31.2 Å². The Kier molecular flexibility index (Phi) is 4.11. The predicted octanol–water partition coefficient (Wildman–Crippen LogP) is 3.31. The van der Waals surface area contributed by atoms with Gasteiger partial charge in [-0.3, -0.25) is 0 Å². The predicted molar refractivity (Wildman–Crippen MR) is 90.3 cm³/mol. The Morgan fingerprint density at radius 2 is 1.61 bits per heavy atom. The smallest absolute Gasteiger partial charge is 0.182 e. The van der Waals surface area contributed by atoms with Crippen LogP contribution in [0.15, 0.2) is 53.4 Å². The van der Waals surface area contributed by atoms with Crippen molar-refractivity contribution >= 4 is 16.1 Å². The van der Waals surface area contributed by atoms with Crippen LogP contribution in [-0.4, -0.2) is 20.0 Å². The molecule has 0 bridgehead atoms. The zero-order chi connectivity index (χ0) is 16.6. The second kappa shape index (κ2) is 5.93. The lowest BCUT2D eigenvalue weighted by molar-refractivity contribution is -0.108. The van der Waals surface area contributed by atoms with Crippen molar-refractivity contribution in [2.24, 2.45) is 5.92 Å². The number of carbonyl (C=O) groups is 1. The van der Waals surface area contributed by atoms with Gasteiger partial charge in [-0.05, 0) is 36.6 Å². The molecule has 2 aromatic carbocycles. The van der Waals surface area contributed by atoms with E-state index in [1.165, 1.54) is 5.56 Å². The van der Waals surface area contributed by atoms with E-state index in [9.17, 15) is 13.2 Å². The van der Waals surface area contributed by atoms with Crippen LogP contribution < -0.4 is 0 Å². The lowest BCUT2D eigenvalue weighted by Gasteiger charge is -2.05. The zero-order valence-electron chi connectivity index (χ0n) is 13.3. The minimum atomic E-state index is -3.49. The Morgan fingerprint density at radius 3 is 2.13 bits per heavy atom. The van der Waals surface area contributed by atoms with Crippen LogP contribution in [0.1, 0.15) is 29.5 Å². The quantitative estimate of drug-likeness (QED) is 0.791. The van der Waals surface area contributed by atoms with Crippen molar-refractivity contribution in [2.45, 2.75) is 36.3 Å². The maximum absolute atomic E-state index is 12.8. The fourth-order valence-electron chi connectivity index (χ4n) is 3.14. The van der Waals surface area contributed by atoms with Gasteiger partial charge in [0.1, 0.15) is 6.29 Å². The molecule has 0 N–H and O–H groups in total. The van der Waals surface area contributed by atoms with E-state index in [1.54, 1.807) is 24.3 Å². The average Bonchev–Trinajstić information content (AvgIpc) is 3.31. The molecule has 4 heteroatoms. The van der Waals surface area contributed by atoms with Crippen LogP contribution in [0.2, 0.25) is 0 Å². The van der Waals surface area contributed by atoms with Gasteiger partial charge < -0.3 is 4.79 Å². The molecule has 1 fully saturated rings. The largest absolute Gasteiger partial charge is 0.303 e. The highest BCUT2D eigenvalue weighted by molar-refractivity contribution is 7.92. The van der Waals surface area contributed by atoms with Crippen LogP contribution >= 0.6 is 0 Å². The molecule has 0 heterocycles. The summed E-state index contributed by atoms with van der Waals surface area (Å²) in [7, 11) is -3.49. The van der Waals surface area contributed by atoms with Crippen molar-refractivity contribution in [3.8, 4) is 0 Å². The van der Waals surface area contributed by atoms with Crippen LogP contribution in [0.25, 0.3) is 0 Å². The van der Waals surface area contributed by atoms with Crippen LogP contribution in [0.4, 0.5) is 0 Å². The maximum Gasteiger partial charge on any atom is 0.182 e. The number of benzene rings is 2. The van der Waals surface area contributed by atoms with E-state index in [2.05, 4.69) is 6.92 Å². The first-order chi connectivity index (χ1) is 11.0. The Morgan fingerprint density at radius 1 is 1.00 bits per heavy atom. The van der Waals surface area contributed by atoms with Crippen molar-refractivity contribution < 1.29 is 13.2 Å². The number of carbonyl (C=O) groups excluding carboxylic acids is 1. The van der Waals surface area contributed by atoms with E-state index in [-0.39, 0.29) is 5.92 Å². The molecule has 3 nitrogen and oxygen atoms in total. The summed E-state index contributed by atoms with van der Waals surface area (Å²) in [6.45, 7) is 3.99. The van der Waals surface area contributed by atoms with Crippen LogP contribution in [0, 0.1) is 12.8 Å². The van der Waals surface area contributed by atoms with Gasteiger partial charge >= 0.3 is 0 Å². The van der Waals surface area contributed by atoms with Gasteiger partial charge in [-0.1, -0.05) is 48.9 Å². The van der Waals surface area contributed by atoms with Gasteiger partial charge in [-0.2, -0.15) is 0 Å². The molecular formula is C19H20O3S. The summed E-state index contributed by atoms with van der Waals surface area (Å²) in [5, 5.41) is -0.643. The van der Waals surface area contributed by atoms with Crippen molar-refractivity contribution in [2.75, 3.05) is 0 Å². The number of rotatable bonds is 5. The van der Waals surface area contributed by atoms with Gasteiger partial charge in [0, 0.05) is 11.8 Å². The van der Waals surface area contributed by atoms with Gasteiger partial charge in [0.15, 0.2) is 9.84 Å². The Labute approximate surface area is 137 Å². The molecule has 3 rings (SSSR count). The minimum absolute atomic E-state index is 0.232. The summed E-state index contributed by atoms with van der Waals surface area (Å²) in [6.07, 6.45) is 1.72. The molecule has 2 aromatic rings. The van der Waals surface area contributed by atoms with Crippen molar-refractivity contribution in [1.82, 2.24) is 0 Å². The molecule has 0 spiro atoms. The van der Waals surface area contributed by atoms with Crippen LogP contribution in [-0.2, 0) is 21.1 Å². The fourth-order valence-corrected chi connectivity index (χ4v) is 5.25. The topological polar surface area (TPSA) is 51.2 Å². The summed E-state index contributed by atoms with van der Waals surface area (Å²) in [4.78, 5) is 11.7. The van der Waals surface area contributed by atoms with E-state index < -0.39 is 21.0 Å². The first kappa shape index (κ1) is 15.9. The second-order valence-corrected chi connectivity index (χ2v) is 8.26. The Hall–Kier alpha value is -1.94. The normalized spacial score (nSPS) is 23.5. The Bertz CT molecular complexity index is 805. The number of hydrogen-bond acceptors (Lipinski definition) is 3. The molecular weight excluding hydrogens is 308 g/mol. The average molecular weight is 328 g/mol. The van der Waals surface area contributed by atoms with Crippen molar-refractivity contribution in [3.63, 3.8) is 0 Å². The molecule has 23 heavy (non-hydrogen) atoms. The Balaban J connectivity index is 1.92. The van der Waals surface area contributed by atoms with Gasteiger partial charge in [0.05, 0.1) is 10.1 Å². The lowest BCUT2D eigenvalue weighted by Crippen LogP contribution is -2.11. The summed E-state index contributed by atoms with van der Waals surface area (Å²) in [5.41, 5.74) is 3.15. The third kappa shape index (κ3) is 2.83. The summed E-state index contributed by atoms with van der Waals surface area (Å²) in [6, 6.07) is 14.7. The number of hydrogen-bond donors (Lipinski definition) is 0. The molecule has 1 saturated carbocycles. The fraction of sp³-hybridized carbons (Fsp3) is 0.316. The summed E-state index contributed by atoms with van der Waals surface area (Å²) >= 11 is 0. The first-order valence-electron chi connectivity index (χ1n) is 7.83. The standard InChI is InChI=1S/C19H20O3S/c1-3-14-6-8-15(9-7-14)18-17(12-20)19(18)23(21,22)16-10-4-13(2)5-11-16/h4-12,17-19H,3H2,1-2H3/t17-,18-,19-/m0/s1. The molecule has 0 amide bonds. The molecule has 0 saturated heterocycles. The first-order valence-corrected chi connectivity index (χ1v) is 9.38. The third-order valence-corrected chi connectivity index (χ3v) is 6.90. The molecule has 1 aliphatic rings. The molecule has 1 aliphatic carbocycles. The lowest BCUT2D eigenvalue weighted by atomic mass is 10.1. The third-order valence-electron chi connectivity index (χ3n) is 4.64. The second-order valence-electron chi connectivity index (χ2n) is 6.16. The minimum Gasteiger partial charge on any atom is -0.303 e. The molecule has 0 unspecified atom stereocenters. The molecule has 120 valence electrons. The highest BCUT2D eigenvalue weighted by Crippen LogP contribution is 2.52. The highest BCUT2D eigenvalue weighted by Gasteiger charge is 2.58. The van der Waals surface area contributed by atoms with Gasteiger partial charge in [-0.15, -0.1) is 0 Å². The number of aldehydes is 1. The maximum atomic E-state index is 12.8. The number of sulfone groups is 1. The summed E-state index contributed by atoms with van der Waals surface area (Å²) < 4.78 is 25.6. The summed E-state index contributed by atoms with van der Waals surface area (Å²) in [5.74, 6) is -0.682. The van der Waals surface area contributed by atoms with E-state index in [4.69, 9.17) is 0 Å². The van der Waals surface area contributed by atoms with Crippen molar-refractivity contribution in [1.29, 1.82) is 0 Å². The highest BCUT2D eigenvalue weighted by atomic mass is 32.2. The SMILES string of the molecule is CCc1ccc([C@H]2[C@H](C=O)[C@@H]2S(=O)(=O)c2ccc(C)cc2)cc1.